The molecule has 4 N–H and O–H groups in total. The van der Waals surface area contributed by atoms with Gasteiger partial charge in [-0.3, -0.25) is 4.79 Å². The van der Waals surface area contributed by atoms with Crippen LogP contribution in [0.4, 0.5) is 17.5 Å². The van der Waals surface area contributed by atoms with Gasteiger partial charge in [-0.15, -0.1) is 0 Å². The highest BCUT2D eigenvalue weighted by Crippen LogP contribution is 2.38. The number of methoxy groups -OCH3 is 2. The van der Waals surface area contributed by atoms with E-state index in [0.29, 0.717) is 29.1 Å². The van der Waals surface area contributed by atoms with Gasteiger partial charge >= 0.3 is 0 Å². The Morgan fingerprint density at radius 2 is 1.67 bits per heavy atom. The van der Waals surface area contributed by atoms with Gasteiger partial charge in [0.1, 0.15) is 11.5 Å². The van der Waals surface area contributed by atoms with Crippen LogP contribution in [0.3, 0.4) is 0 Å². The van der Waals surface area contributed by atoms with Gasteiger partial charge in [-0.25, -0.2) is 0 Å². The van der Waals surface area contributed by atoms with E-state index in [1.807, 2.05) is 54.6 Å². The molecule has 0 atom stereocenters. The zero-order valence-corrected chi connectivity index (χ0v) is 24.2. The van der Waals surface area contributed by atoms with Crippen LogP contribution < -0.4 is 25.4 Å². The number of hydrogen-bond acceptors (Lipinski definition) is 8. The average Bonchev–Trinajstić information content (AvgIpc) is 3.38. The van der Waals surface area contributed by atoms with Gasteiger partial charge in [-0.2, -0.15) is 9.97 Å². The number of amides is 1. The second-order valence-corrected chi connectivity index (χ2v) is 10.5. The van der Waals surface area contributed by atoms with Crippen LogP contribution in [0.15, 0.2) is 66.7 Å². The molecule has 0 saturated carbocycles. The van der Waals surface area contributed by atoms with Crippen molar-refractivity contribution >= 4 is 62.5 Å². The number of anilines is 3. The second kappa shape index (κ2) is 11.5. The van der Waals surface area contributed by atoms with Crippen molar-refractivity contribution in [2.45, 2.75) is 6.42 Å². The van der Waals surface area contributed by atoms with Crippen molar-refractivity contribution < 1.29 is 14.3 Å². The smallest absolute Gasteiger partial charge is 0.255 e. The number of piperazine rings is 1. The number of rotatable bonds is 7. The largest absolute Gasteiger partial charge is 0.493 e. The number of fused-ring (bicyclic) bond motifs is 3. The topological polar surface area (TPSA) is 122 Å². The first-order valence-electron chi connectivity index (χ1n) is 13.6. The summed E-state index contributed by atoms with van der Waals surface area (Å²) < 4.78 is 11.0. The SMILES string of the molecule is COc1cc2[nH]c3nc(N)nc(N4CCN(C(=S)Cc5ccc(NC(=O)c6ccccc6)cc5)CC4)c3c2cc1OC. The highest BCUT2D eigenvalue weighted by Gasteiger charge is 2.24. The molecule has 11 heteroatoms. The lowest BCUT2D eigenvalue weighted by Gasteiger charge is -2.37. The lowest BCUT2D eigenvalue weighted by molar-refractivity contribution is 0.102. The van der Waals surface area contributed by atoms with Crippen molar-refractivity contribution in [3.63, 3.8) is 0 Å². The number of benzene rings is 3. The second-order valence-electron chi connectivity index (χ2n) is 10.1. The van der Waals surface area contributed by atoms with Gasteiger partial charge in [-0.05, 0) is 35.9 Å². The Morgan fingerprint density at radius 3 is 2.36 bits per heavy atom. The first-order valence-corrected chi connectivity index (χ1v) is 14.0. The Balaban J connectivity index is 1.13. The molecule has 2 aromatic heterocycles. The minimum Gasteiger partial charge on any atom is -0.493 e. The van der Waals surface area contributed by atoms with Crippen molar-refractivity contribution in [3.05, 3.63) is 77.9 Å². The molecule has 1 aliphatic heterocycles. The number of nitrogens with two attached hydrogens (primary N) is 1. The van der Waals surface area contributed by atoms with E-state index in [1.165, 1.54) is 0 Å². The Kier molecular flexibility index (Phi) is 7.49. The molecule has 0 unspecified atom stereocenters. The third-order valence-electron chi connectivity index (χ3n) is 7.49. The maximum Gasteiger partial charge on any atom is 0.255 e. The molecule has 1 aliphatic rings. The number of H-pyrrole nitrogens is 1. The quantitative estimate of drug-likeness (QED) is 0.236. The third-order valence-corrected chi connectivity index (χ3v) is 7.89. The summed E-state index contributed by atoms with van der Waals surface area (Å²) in [6, 6.07) is 20.8. The van der Waals surface area contributed by atoms with E-state index in [-0.39, 0.29) is 11.9 Å². The molecule has 1 fully saturated rings. The van der Waals surface area contributed by atoms with E-state index in [0.717, 1.165) is 64.5 Å². The number of carbonyl (C=O) groups is 1. The zero-order chi connectivity index (χ0) is 29.2. The van der Waals surface area contributed by atoms with Gasteiger partial charge in [-0.1, -0.05) is 42.5 Å². The number of aromatic amines is 1. The molecule has 10 nitrogen and oxygen atoms in total. The molecule has 214 valence electrons. The molecular formula is C31H31N7O3S. The van der Waals surface area contributed by atoms with Gasteiger partial charge in [0, 0.05) is 55.3 Å². The number of nitrogens with one attached hydrogen (secondary N) is 2. The third kappa shape index (κ3) is 5.38. The first kappa shape index (κ1) is 27.3. The predicted molar refractivity (Wildman–Crippen MR) is 170 cm³/mol. The predicted octanol–water partition coefficient (Wildman–Crippen LogP) is 4.65. The van der Waals surface area contributed by atoms with Gasteiger partial charge in [0.05, 0.1) is 30.1 Å². The van der Waals surface area contributed by atoms with Crippen LogP contribution in [0, 0.1) is 0 Å². The molecule has 5 aromatic rings. The molecule has 1 amide bonds. The Bertz CT molecular complexity index is 1770. The van der Waals surface area contributed by atoms with E-state index >= 15 is 0 Å². The Labute approximate surface area is 248 Å². The van der Waals surface area contributed by atoms with Crippen LogP contribution in [0.1, 0.15) is 15.9 Å². The van der Waals surface area contributed by atoms with Crippen molar-refractivity contribution in [3.8, 4) is 11.5 Å². The molecule has 3 aromatic carbocycles. The van der Waals surface area contributed by atoms with Gasteiger partial charge < -0.3 is 35.3 Å². The molecule has 3 heterocycles. The van der Waals surface area contributed by atoms with Crippen LogP contribution in [0.2, 0.25) is 0 Å². The molecule has 42 heavy (non-hydrogen) atoms. The van der Waals surface area contributed by atoms with Gasteiger partial charge in [0.15, 0.2) is 11.5 Å². The summed E-state index contributed by atoms with van der Waals surface area (Å²) in [6.07, 6.45) is 0.650. The normalized spacial score (nSPS) is 13.4. The highest BCUT2D eigenvalue weighted by atomic mass is 32.1. The fourth-order valence-corrected chi connectivity index (χ4v) is 5.65. The monoisotopic (exact) mass is 581 g/mol. The maximum absolute atomic E-state index is 12.4. The molecule has 0 aliphatic carbocycles. The summed E-state index contributed by atoms with van der Waals surface area (Å²) in [5, 5.41) is 4.78. The average molecular weight is 582 g/mol. The minimum atomic E-state index is -0.133. The maximum atomic E-state index is 12.4. The van der Waals surface area contributed by atoms with Crippen LogP contribution >= 0.6 is 12.2 Å². The standard InChI is InChI=1S/C31H31N7O3S/c1-40-24-17-22-23(18-25(24)41-2)34-28-27(22)29(36-31(32)35-28)38-14-12-37(13-15-38)26(42)16-19-8-10-21(11-9-19)33-30(39)20-6-4-3-5-7-20/h3-11,17-18H,12-16H2,1-2H3,(H,33,39)(H3,32,34,35,36). The molecular weight excluding hydrogens is 550 g/mol. The number of nitrogens with zero attached hydrogens (tertiary/aromatic N) is 4. The molecule has 0 bridgehead atoms. The summed E-state index contributed by atoms with van der Waals surface area (Å²) in [5.41, 5.74) is 10.1. The van der Waals surface area contributed by atoms with Crippen LogP contribution in [0.5, 0.6) is 11.5 Å². The fraction of sp³-hybridized carbons (Fsp3) is 0.226. The van der Waals surface area contributed by atoms with Crippen molar-refractivity contribution in [1.29, 1.82) is 0 Å². The van der Waals surface area contributed by atoms with E-state index in [1.54, 1.807) is 26.4 Å². The minimum absolute atomic E-state index is 0.133. The molecule has 0 spiro atoms. The van der Waals surface area contributed by atoms with E-state index in [9.17, 15) is 4.79 Å². The van der Waals surface area contributed by atoms with Crippen molar-refractivity contribution in [1.82, 2.24) is 19.9 Å². The van der Waals surface area contributed by atoms with Crippen LogP contribution in [-0.2, 0) is 6.42 Å². The zero-order valence-electron chi connectivity index (χ0n) is 23.4. The fourth-order valence-electron chi connectivity index (χ4n) is 5.30. The van der Waals surface area contributed by atoms with Gasteiger partial charge in [0.2, 0.25) is 5.95 Å². The van der Waals surface area contributed by atoms with E-state index < -0.39 is 0 Å². The summed E-state index contributed by atoms with van der Waals surface area (Å²) in [4.78, 5) is 30.2. The van der Waals surface area contributed by atoms with Crippen molar-refractivity contribution in [2.75, 3.05) is 56.3 Å². The number of hydrogen-bond donors (Lipinski definition) is 3. The molecule has 6 rings (SSSR count). The summed E-state index contributed by atoms with van der Waals surface area (Å²) in [7, 11) is 3.23. The van der Waals surface area contributed by atoms with Gasteiger partial charge in [0.25, 0.3) is 5.91 Å². The first-order chi connectivity index (χ1) is 20.4. The molecule has 1 saturated heterocycles. The number of carbonyl (C=O) groups excluding carboxylic acids is 1. The summed E-state index contributed by atoms with van der Waals surface area (Å²) >= 11 is 5.84. The van der Waals surface area contributed by atoms with Crippen molar-refractivity contribution in [2.24, 2.45) is 0 Å². The van der Waals surface area contributed by atoms with E-state index in [4.69, 9.17) is 27.4 Å². The number of thiocarbonyl (C=S) groups is 1. The number of nitrogen functional groups attached to an aromatic ring is 1. The lowest BCUT2D eigenvalue weighted by Crippen LogP contribution is -2.49. The Hall–Kier alpha value is -4.90. The Morgan fingerprint density at radius 1 is 0.976 bits per heavy atom. The number of ether oxygens (including phenoxy) is 2. The summed E-state index contributed by atoms with van der Waals surface area (Å²) in [6.45, 7) is 2.98. The van der Waals surface area contributed by atoms with E-state index in [2.05, 4.69) is 30.1 Å². The van der Waals surface area contributed by atoms with Crippen LogP contribution in [0.25, 0.3) is 21.9 Å². The molecule has 0 radical (unpaired) electrons. The summed E-state index contributed by atoms with van der Waals surface area (Å²) in [5.74, 6) is 2.13. The van der Waals surface area contributed by atoms with Crippen LogP contribution in [-0.4, -0.2) is 71.1 Å². The lowest BCUT2D eigenvalue weighted by atomic mass is 10.1. The number of aromatic nitrogens is 3. The highest BCUT2D eigenvalue weighted by molar-refractivity contribution is 7.80.